The molecule has 1 aromatic carbocycles. The number of nitrogens with one attached hydrogen (secondary N) is 2. The molecule has 24 heavy (non-hydrogen) atoms. The van der Waals surface area contributed by atoms with Crippen molar-refractivity contribution >= 4 is 11.9 Å². The molecule has 0 radical (unpaired) electrons. The standard InChI is InChI=1S/C18H25N5O/c1-23(2)14-6-11-20-18-21-13-10-16(22-18)17(24)19-12-9-15-7-4-3-5-8-15/h3-5,7-8,10,13H,6,9,11-12,14H2,1-2H3,(H,19,24)(H,20,21,22). The van der Waals surface area contributed by atoms with Crippen LogP contribution in [-0.2, 0) is 6.42 Å². The summed E-state index contributed by atoms with van der Waals surface area (Å²) in [4.78, 5) is 22.7. The molecule has 0 unspecified atom stereocenters. The highest BCUT2D eigenvalue weighted by Crippen LogP contribution is 2.02. The Balaban J connectivity index is 1.78. The number of carbonyl (C=O) groups is 1. The predicted octanol–water partition coefficient (Wildman–Crippen LogP) is 1.81. The topological polar surface area (TPSA) is 70.2 Å². The smallest absolute Gasteiger partial charge is 0.270 e. The van der Waals surface area contributed by atoms with Crippen molar-refractivity contribution in [3.05, 3.63) is 53.9 Å². The van der Waals surface area contributed by atoms with Gasteiger partial charge >= 0.3 is 0 Å². The van der Waals surface area contributed by atoms with Gasteiger partial charge in [-0.25, -0.2) is 9.97 Å². The number of benzene rings is 1. The zero-order chi connectivity index (χ0) is 17.2. The Kier molecular flexibility index (Phi) is 7.17. The van der Waals surface area contributed by atoms with E-state index in [4.69, 9.17) is 0 Å². The minimum atomic E-state index is -0.176. The predicted molar refractivity (Wildman–Crippen MR) is 96.2 cm³/mol. The first-order valence-corrected chi connectivity index (χ1v) is 8.19. The fourth-order valence-electron chi connectivity index (χ4n) is 2.22. The van der Waals surface area contributed by atoms with E-state index in [1.807, 2.05) is 44.4 Å². The fourth-order valence-corrected chi connectivity index (χ4v) is 2.22. The van der Waals surface area contributed by atoms with Gasteiger partial charge in [-0.3, -0.25) is 4.79 Å². The lowest BCUT2D eigenvalue weighted by atomic mass is 10.1. The van der Waals surface area contributed by atoms with E-state index < -0.39 is 0 Å². The van der Waals surface area contributed by atoms with Crippen LogP contribution in [0.1, 0.15) is 22.5 Å². The van der Waals surface area contributed by atoms with E-state index in [0.29, 0.717) is 18.2 Å². The van der Waals surface area contributed by atoms with E-state index in [0.717, 1.165) is 25.9 Å². The van der Waals surface area contributed by atoms with E-state index in [9.17, 15) is 4.79 Å². The number of anilines is 1. The van der Waals surface area contributed by atoms with Crippen molar-refractivity contribution in [3.63, 3.8) is 0 Å². The fraction of sp³-hybridized carbons (Fsp3) is 0.389. The number of hydrogen-bond acceptors (Lipinski definition) is 5. The summed E-state index contributed by atoms with van der Waals surface area (Å²) in [6, 6.07) is 11.7. The molecule has 0 saturated carbocycles. The van der Waals surface area contributed by atoms with Crippen molar-refractivity contribution in [2.75, 3.05) is 39.0 Å². The molecule has 0 aliphatic heterocycles. The van der Waals surface area contributed by atoms with E-state index in [1.54, 1.807) is 12.3 Å². The van der Waals surface area contributed by atoms with E-state index in [-0.39, 0.29) is 5.91 Å². The van der Waals surface area contributed by atoms with Gasteiger partial charge in [0.25, 0.3) is 5.91 Å². The second-order valence-electron chi connectivity index (χ2n) is 5.84. The van der Waals surface area contributed by atoms with Crippen LogP contribution in [0.2, 0.25) is 0 Å². The van der Waals surface area contributed by atoms with Gasteiger partial charge in [0.15, 0.2) is 0 Å². The summed E-state index contributed by atoms with van der Waals surface area (Å²) in [5, 5.41) is 6.04. The summed E-state index contributed by atoms with van der Waals surface area (Å²) < 4.78 is 0. The van der Waals surface area contributed by atoms with Crippen LogP contribution < -0.4 is 10.6 Å². The zero-order valence-electron chi connectivity index (χ0n) is 14.3. The van der Waals surface area contributed by atoms with Gasteiger partial charge in [-0.2, -0.15) is 0 Å². The van der Waals surface area contributed by atoms with Crippen molar-refractivity contribution < 1.29 is 4.79 Å². The van der Waals surface area contributed by atoms with Gasteiger partial charge in [-0.05, 0) is 45.1 Å². The molecule has 2 N–H and O–H groups in total. The first kappa shape index (κ1) is 17.9. The highest BCUT2D eigenvalue weighted by Gasteiger charge is 2.08. The third-order valence-corrected chi connectivity index (χ3v) is 3.50. The minimum absolute atomic E-state index is 0.176. The molecule has 0 spiro atoms. The van der Waals surface area contributed by atoms with Gasteiger partial charge in [-0.1, -0.05) is 30.3 Å². The van der Waals surface area contributed by atoms with Crippen LogP contribution in [0.3, 0.4) is 0 Å². The Morgan fingerprint density at radius 1 is 1.12 bits per heavy atom. The number of rotatable bonds is 9. The number of aromatic nitrogens is 2. The quantitative estimate of drug-likeness (QED) is 0.688. The maximum Gasteiger partial charge on any atom is 0.270 e. The molecule has 0 aliphatic carbocycles. The molecule has 1 amide bonds. The molecule has 2 aromatic rings. The van der Waals surface area contributed by atoms with Gasteiger partial charge in [0.2, 0.25) is 5.95 Å². The maximum absolute atomic E-state index is 12.2. The first-order chi connectivity index (χ1) is 11.6. The lowest BCUT2D eigenvalue weighted by molar-refractivity contribution is 0.0949. The Bertz CT molecular complexity index is 630. The summed E-state index contributed by atoms with van der Waals surface area (Å²) in [5.41, 5.74) is 1.58. The molecule has 0 aliphatic rings. The number of amides is 1. The molecule has 2 rings (SSSR count). The highest BCUT2D eigenvalue weighted by atomic mass is 16.1. The molecule has 0 atom stereocenters. The van der Waals surface area contributed by atoms with Crippen molar-refractivity contribution in [3.8, 4) is 0 Å². The van der Waals surface area contributed by atoms with Gasteiger partial charge in [-0.15, -0.1) is 0 Å². The van der Waals surface area contributed by atoms with Crippen LogP contribution in [0.15, 0.2) is 42.6 Å². The van der Waals surface area contributed by atoms with Crippen molar-refractivity contribution in [1.29, 1.82) is 0 Å². The third-order valence-electron chi connectivity index (χ3n) is 3.50. The molecular weight excluding hydrogens is 302 g/mol. The van der Waals surface area contributed by atoms with Crippen LogP contribution in [0.4, 0.5) is 5.95 Å². The normalized spacial score (nSPS) is 10.6. The molecule has 6 heteroatoms. The maximum atomic E-state index is 12.2. The molecule has 0 fully saturated rings. The lowest BCUT2D eigenvalue weighted by Gasteiger charge is -2.10. The number of hydrogen-bond donors (Lipinski definition) is 2. The molecule has 128 valence electrons. The van der Waals surface area contributed by atoms with Crippen LogP contribution in [-0.4, -0.2) is 54.5 Å². The molecule has 0 saturated heterocycles. The Hall–Kier alpha value is -2.47. The molecule has 6 nitrogen and oxygen atoms in total. The SMILES string of the molecule is CN(C)CCCNc1nccc(C(=O)NCCc2ccccc2)n1. The van der Waals surface area contributed by atoms with Gasteiger partial charge < -0.3 is 15.5 Å². The minimum Gasteiger partial charge on any atom is -0.354 e. The van der Waals surface area contributed by atoms with Crippen LogP contribution in [0.5, 0.6) is 0 Å². The molecule has 1 heterocycles. The summed E-state index contributed by atoms with van der Waals surface area (Å²) in [7, 11) is 4.08. The third kappa shape index (κ3) is 6.34. The first-order valence-electron chi connectivity index (χ1n) is 8.19. The van der Waals surface area contributed by atoms with Crippen LogP contribution >= 0.6 is 0 Å². The number of carbonyl (C=O) groups excluding carboxylic acids is 1. The highest BCUT2D eigenvalue weighted by molar-refractivity contribution is 5.92. The Morgan fingerprint density at radius 3 is 2.67 bits per heavy atom. The lowest BCUT2D eigenvalue weighted by Crippen LogP contribution is -2.27. The number of nitrogens with zero attached hydrogens (tertiary/aromatic N) is 3. The summed E-state index contributed by atoms with van der Waals surface area (Å²) in [6.45, 7) is 2.35. The second-order valence-corrected chi connectivity index (χ2v) is 5.84. The molecule has 0 bridgehead atoms. The van der Waals surface area contributed by atoms with Crippen molar-refractivity contribution in [1.82, 2.24) is 20.2 Å². The summed E-state index contributed by atoms with van der Waals surface area (Å²) >= 11 is 0. The molecule has 1 aromatic heterocycles. The Labute approximate surface area is 143 Å². The van der Waals surface area contributed by atoms with Gasteiger partial charge in [0.1, 0.15) is 5.69 Å². The average Bonchev–Trinajstić information content (AvgIpc) is 2.60. The van der Waals surface area contributed by atoms with E-state index in [1.165, 1.54) is 5.56 Å². The van der Waals surface area contributed by atoms with Gasteiger partial charge in [0.05, 0.1) is 0 Å². The van der Waals surface area contributed by atoms with E-state index >= 15 is 0 Å². The second kappa shape index (κ2) is 9.62. The van der Waals surface area contributed by atoms with E-state index in [2.05, 4.69) is 25.5 Å². The van der Waals surface area contributed by atoms with Crippen molar-refractivity contribution in [2.45, 2.75) is 12.8 Å². The monoisotopic (exact) mass is 327 g/mol. The summed E-state index contributed by atoms with van der Waals surface area (Å²) in [6.07, 6.45) is 3.39. The van der Waals surface area contributed by atoms with Crippen LogP contribution in [0, 0.1) is 0 Å². The average molecular weight is 327 g/mol. The van der Waals surface area contributed by atoms with Crippen LogP contribution in [0.25, 0.3) is 0 Å². The van der Waals surface area contributed by atoms with Gasteiger partial charge in [0, 0.05) is 19.3 Å². The summed E-state index contributed by atoms with van der Waals surface area (Å²) in [5.74, 6) is 0.314. The Morgan fingerprint density at radius 2 is 1.92 bits per heavy atom. The zero-order valence-corrected chi connectivity index (χ0v) is 14.3. The largest absolute Gasteiger partial charge is 0.354 e. The molecular formula is C18H25N5O. The van der Waals surface area contributed by atoms with Crippen molar-refractivity contribution in [2.24, 2.45) is 0 Å².